The van der Waals surface area contributed by atoms with Crippen molar-refractivity contribution in [2.75, 3.05) is 18.6 Å². The fourth-order valence-corrected chi connectivity index (χ4v) is 1.52. The second kappa shape index (κ2) is 4.15. The molecule has 0 aliphatic rings. The van der Waals surface area contributed by atoms with Crippen LogP contribution in [0.15, 0.2) is 11.4 Å². The van der Waals surface area contributed by atoms with Gasteiger partial charge < -0.3 is 10.5 Å². The molecule has 0 spiro atoms. The summed E-state index contributed by atoms with van der Waals surface area (Å²) in [5, 5.41) is 0.799. The molecule has 1 aromatic rings. The largest absolute Gasteiger partial charge is 0.490 e. The molecule has 0 aromatic carbocycles. The van der Waals surface area contributed by atoms with Gasteiger partial charge in [-0.05, 0) is 5.75 Å². The van der Waals surface area contributed by atoms with E-state index in [4.69, 9.17) is 10.5 Å². The predicted molar refractivity (Wildman–Crippen MR) is 49.4 cm³/mol. The SMILES string of the molecule is CCSc1ncnc(N)c1OC. The molecule has 0 saturated carbocycles. The van der Waals surface area contributed by atoms with E-state index in [1.54, 1.807) is 18.9 Å². The molecule has 0 amide bonds. The lowest BCUT2D eigenvalue weighted by molar-refractivity contribution is 0.401. The Morgan fingerprint density at radius 3 is 2.92 bits per heavy atom. The Morgan fingerprint density at radius 1 is 1.58 bits per heavy atom. The second-order valence-corrected chi connectivity index (χ2v) is 3.28. The van der Waals surface area contributed by atoms with Crippen molar-refractivity contribution in [3.63, 3.8) is 0 Å². The second-order valence-electron chi connectivity index (χ2n) is 2.03. The van der Waals surface area contributed by atoms with E-state index in [-0.39, 0.29) is 0 Å². The van der Waals surface area contributed by atoms with Crippen molar-refractivity contribution in [2.45, 2.75) is 11.9 Å². The summed E-state index contributed by atoms with van der Waals surface area (Å²) in [6.45, 7) is 2.04. The van der Waals surface area contributed by atoms with E-state index in [9.17, 15) is 0 Å². The Labute approximate surface area is 75.5 Å². The van der Waals surface area contributed by atoms with Crippen LogP contribution in [0.5, 0.6) is 5.75 Å². The highest BCUT2D eigenvalue weighted by molar-refractivity contribution is 7.99. The molecule has 4 nitrogen and oxygen atoms in total. The molecule has 0 aliphatic carbocycles. The summed E-state index contributed by atoms with van der Waals surface area (Å²) >= 11 is 1.58. The smallest absolute Gasteiger partial charge is 0.193 e. The van der Waals surface area contributed by atoms with Crippen LogP contribution in [0.1, 0.15) is 6.92 Å². The lowest BCUT2D eigenvalue weighted by atomic mass is 10.5. The predicted octanol–water partition coefficient (Wildman–Crippen LogP) is 1.18. The van der Waals surface area contributed by atoms with Gasteiger partial charge in [0.1, 0.15) is 11.4 Å². The molecule has 1 heterocycles. The van der Waals surface area contributed by atoms with Gasteiger partial charge in [0.15, 0.2) is 11.6 Å². The lowest BCUT2D eigenvalue weighted by Gasteiger charge is -2.06. The van der Waals surface area contributed by atoms with Gasteiger partial charge in [-0.3, -0.25) is 0 Å². The highest BCUT2D eigenvalue weighted by atomic mass is 32.2. The maximum absolute atomic E-state index is 5.57. The Bertz CT molecular complexity index is 267. The van der Waals surface area contributed by atoms with Gasteiger partial charge in [0.2, 0.25) is 0 Å². The van der Waals surface area contributed by atoms with Crippen LogP contribution in [0.2, 0.25) is 0 Å². The van der Waals surface area contributed by atoms with Gasteiger partial charge in [-0.1, -0.05) is 6.92 Å². The topological polar surface area (TPSA) is 61.0 Å². The summed E-state index contributed by atoms with van der Waals surface area (Å²) in [5.41, 5.74) is 5.57. The number of hydrogen-bond donors (Lipinski definition) is 1. The normalized spacial score (nSPS) is 9.83. The molecule has 66 valence electrons. The van der Waals surface area contributed by atoms with Crippen molar-refractivity contribution >= 4 is 17.6 Å². The first kappa shape index (κ1) is 9.12. The molecule has 0 bridgehead atoms. The zero-order valence-electron chi connectivity index (χ0n) is 7.07. The van der Waals surface area contributed by atoms with Gasteiger partial charge in [-0.2, -0.15) is 0 Å². The summed E-state index contributed by atoms with van der Waals surface area (Å²) in [6, 6.07) is 0. The molecule has 0 aliphatic heterocycles. The van der Waals surface area contributed by atoms with Crippen LogP contribution in [0.3, 0.4) is 0 Å². The average Bonchev–Trinajstić information content (AvgIpc) is 2.05. The van der Waals surface area contributed by atoms with Crippen molar-refractivity contribution in [1.82, 2.24) is 9.97 Å². The van der Waals surface area contributed by atoms with Crippen LogP contribution in [-0.2, 0) is 0 Å². The minimum Gasteiger partial charge on any atom is -0.490 e. The zero-order valence-corrected chi connectivity index (χ0v) is 7.89. The Balaban J connectivity index is 3.00. The van der Waals surface area contributed by atoms with Crippen molar-refractivity contribution in [3.05, 3.63) is 6.33 Å². The number of rotatable bonds is 3. The first-order valence-electron chi connectivity index (χ1n) is 3.56. The van der Waals surface area contributed by atoms with Crippen LogP contribution in [0.25, 0.3) is 0 Å². The quantitative estimate of drug-likeness (QED) is 0.566. The zero-order chi connectivity index (χ0) is 8.97. The maximum atomic E-state index is 5.57. The van der Waals surface area contributed by atoms with Crippen LogP contribution < -0.4 is 10.5 Å². The van der Waals surface area contributed by atoms with Gasteiger partial charge in [0.05, 0.1) is 7.11 Å². The lowest BCUT2D eigenvalue weighted by Crippen LogP contribution is -1.98. The molecule has 1 rings (SSSR count). The number of anilines is 1. The van der Waals surface area contributed by atoms with Gasteiger partial charge in [0.25, 0.3) is 0 Å². The van der Waals surface area contributed by atoms with E-state index in [0.29, 0.717) is 11.6 Å². The summed E-state index contributed by atoms with van der Waals surface area (Å²) < 4.78 is 5.06. The molecule has 2 N–H and O–H groups in total. The van der Waals surface area contributed by atoms with E-state index in [2.05, 4.69) is 9.97 Å². The van der Waals surface area contributed by atoms with Crippen molar-refractivity contribution < 1.29 is 4.74 Å². The van der Waals surface area contributed by atoms with Gasteiger partial charge in [0, 0.05) is 0 Å². The van der Waals surface area contributed by atoms with Crippen LogP contribution in [0, 0.1) is 0 Å². The van der Waals surface area contributed by atoms with Crippen molar-refractivity contribution in [2.24, 2.45) is 0 Å². The molecule has 0 unspecified atom stereocenters. The fourth-order valence-electron chi connectivity index (χ4n) is 0.802. The molecular formula is C7H11N3OS. The minimum atomic E-state index is 0.392. The number of aromatic nitrogens is 2. The van der Waals surface area contributed by atoms with Gasteiger partial charge in [-0.25, -0.2) is 9.97 Å². The monoisotopic (exact) mass is 185 g/mol. The number of nitrogen functional groups attached to an aromatic ring is 1. The van der Waals surface area contributed by atoms with E-state index < -0.39 is 0 Å². The summed E-state index contributed by atoms with van der Waals surface area (Å²) in [6.07, 6.45) is 1.44. The van der Waals surface area contributed by atoms with Gasteiger partial charge >= 0.3 is 0 Å². The van der Waals surface area contributed by atoms with E-state index >= 15 is 0 Å². The average molecular weight is 185 g/mol. The Morgan fingerprint density at radius 2 is 2.33 bits per heavy atom. The number of nitrogens with two attached hydrogens (primary N) is 1. The molecule has 0 saturated heterocycles. The van der Waals surface area contributed by atoms with Crippen LogP contribution in [-0.4, -0.2) is 22.8 Å². The molecule has 0 fully saturated rings. The van der Waals surface area contributed by atoms with E-state index in [1.807, 2.05) is 6.92 Å². The maximum Gasteiger partial charge on any atom is 0.193 e. The summed E-state index contributed by atoms with van der Waals surface area (Å²) in [5.74, 6) is 1.90. The molecule has 0 atom stereocenters. The number of thioether (sulfide) groups is 1. The van der Waals surface area contributed by atoms with Crippen LogP contribution in [0.4, 0.5) is 5.82 Å². The molecular weight excluding hydrogens is 174 g/mol. The third-order valence-corrected chi connectivity index (χ3v) is 2.14. The number of nitrogens with zero attached hydrogens (tertiary/aromatic N) is 2. The highest BCUT2D eigenvalue weighted by Gasteiger charge is 2.08. The third kappa shape index (κ3) is 1.79. The summed E-state index contributed by atoms with van der Waals surface area (Å²) in [4.78, 5) is 7.87. The Kier molecular flexibility index (Phi) is 3.16. The number of methoxy groups -OCH3 is 1. The van der Waals surface area contributed by atoms with E-state index in [1.165, 1.54) is 6.33 Å². The molecule has 5 heteroatoms. The standard InChI is InChI=1S/C7H11N3OS/c1-3-12-7-5(11-2)6(8)9-4-10-7/h4H,3H2,1-2H3,(H2,8,9,10). The Hall–Kier alpha value is -0.970. The number of ether oxygens (including phenoxy) is 1. The van der Waals surface area contributed by atoms with Crippen molar-refractivity contribution in [3.8, 4) is 5.75 Å². The highest BCUT2D eigenvalue weighted by Crippen LogP contribution is 2.29. The van der Waals surface area contributed by atoms with Gasteiger partial charge in [-0.15, -0.1) is 11.8 Å². The molecule has 12 heavy (non-hydrogen) atoms. The molecule has 1 aromatic heterocycles. The fraction of sp³-hybridized carbons (Fsp3) is 0.429. The first-order chi connectivity index (χ1) is 5.79. The van der Waals surface area contributed by atoms with E-state index in [0.717, 1.165) is 10.8 Å². The first-order valence-corrected chi connectivity index (χ1v) is 4.55. The minimum absolute atomic E-state index is 0.392. The third-order valence-electron chi connectivity index (χ3n) is 1.28. The van der Waals surface area contributed by atoms with Crippen molar-refractivity contribution in [1.29, 1.82) is 0 Å². The van der Waals surface area contributed by atoms with Crippen LogP contribution >= 0.6 is 11.8 Å². The number of hydrogen-bond acceptors (Lipinski definition) is 5. The molecule has 0 radical (unpaired) electrons. The summed E-state index contributed by atoms with van der Waals surface area (Å²) in [7, 11) is 1.56.